The molecule has 2 N–H and O–H groups in total. The molecule has 0 saturated carbocycles. The van der Waals surface area contributed by atoms with Gasteiger partial charge in [0, 0.05) is 18.7 Å². The molecule has 1 aliphatic heterocycles. The molecular weight excluding hydrogens is 396 g/mol. The molecule has 0 spiro atoms. The van der Waals surface area contributed by atoms with Crippen molar-refractivity contribution in [1.29, 1.82) is 5.26 Å². The normalized spacial score (nSPS) is 16.8. The van der Waals surface area contributed by atoms with Crippen molar-refractivity contribution < 1.29 is 19.4 Å². The lowest BCUT2D eigenvalue weighted by Crippen LogP contribution is -2.26. The maximum absolute atomic E-state index is 12.5. The third-order valence-corrected chi connectivity index (χ3v) is 5.18. The highest BCUT2D eigenvalue weighted by atomic mass is 16.5. The number of hydrogen-bond acceptors (Lipinski definition) is 6. The van der Waals surface area contributed by atoms with Crippen molar-refractivity contribution >= 4 is 34.2 Å². The predicted octanol–water partition coefficient (Wildman–Crippen LogP) is 3.26. The first-order valence-corrected chi connectivity index (χ1v) is 9.77. The van der Waals surface area contributed by atoms with Crippen molar-refractivity contribution in [2.24, 2.45) is 5.92 Å². The van der Waals surface area contributed by atoms with Crippen molar-refractivity contribution in [3.63, 3.8) is 0 Å². The summed E-state index contributed by atoms with van der Waals surface area (Å²) < 4.78 is 5.20. The van der Waals surface area contributed by atoms with E-state index in [9.17, 15) is 20.0 Å². The zero-order chi connectivity index (χ0) is 22.0. The highest BCUT2D eigenvalue weighted by Gasteiger charge is 2.36. The molecule has 1 aromatic heterocycles. The first-order chi connectivity index (χ1) is 15.0. The number of aliphatic hydroxyl groups excluding tert-OH is 1. The minimum atomic E-state index is -0.640. The molecule has 0 radical (unpaired) electrons. The number of para-hydroxylation sites is 2. The van der Waals surface area contributed by atoms with E-state index in [4.69, 9.17) is 4.74 Å². The van der Waals surface area contributed by atoms with Gasteiger partial charge in [0.05, 0.1) is 17.0 Å². The average Bonchev–Trinajstić information content (AvgIpc) is 3.36. The minimum absolute atomic E-state index is 0.0336. The topological polar surface area (TPSA) is 119 Å². The second kappa shape index (κ2) is 8.32. The number of carbonyl (C=O) groups excluding carboxylic acids is 2. The van der Waals surface area contributed by atoms with Crippen LogP contribution in [0.3, 0.4) is 0 Å². The van der Waals surface area contributed by atoms with E-state index in [0.29, 0.717) is 5.52 Å². The number of esters is 1. The number of amides is 1. The first-order valence-electron chi connectivity index (χ1n) is 9.77. The lowest BCUT2D eigenvalue weighted by molar-refractivity contribution is -0.148. The smallest absolute Gasteiger partial charge is 0.311 e. The van der Waals surface area contributed by atoms with Crippen LogP contribution in [0.2, 0.25) is 0 Å². The van der Waals surface area contributed by atoms with Gasteiger partial charge >= 0.3 is 5.97 Å². The number of allylic oxidation sites excluding steroid dienone is 1. The molecule has 2 aromatic carbocycles. The molecule has 31 heavy (non-hydrogen) atoms. The Bertz CT molecular complexity index is 1190. The first kappa shape index (κ1) is 20.2. The maximum atomic E-state index is 12.5. The molecule has 4 rings (SSSR count). The number of H-pyrrole nitrogens is 1. The van der Waals surface area contributed by atoms with Crippen molar-refractivity contribution in [3.8, 4) is 6.07 Å². The molecule has 0 unspecified atom stereocenters. The molecule has 2 heterocycles. The third-order valence-electron chi connectivity index (χ3n) is 5.18. The number of imidazole rings is 1. The molecule has 156 valence electrons. The Hall–Kier alpha value is -4.12. The molecule has 1 saturated heterocycles. The van der Waals surface area contributed by atoms with E-state index in [2.05, 4.69) is 9.97 Å². The summed E-state index contributed by atoms with van der Waals surface area (Å²) in [6, 6.07) is 16.6. The van der Waals surface area contributed by atoms with Crippen LogP contribution in [-0.4, -0.2) is 40.1 Å². The number of carbonyl (C=O) groups is 2. The van der Waals surface area contributed by atoms with Crippen molar-refractivity contribution in [3.05, 3.63) is 65.7 Å². The number of aromatic amines is 1. The van der Waals surface area contributed by atoms with E-state index >= 15 is 0 Å². The fraction of sp³-hybridized carbons (Fsp3) is 0.217. The van der Waals surface area contributed by atoms with Gasteiger partial charge in [-0.2, -0.15) is 5.26 Å². The molecular formula is C23H20N4O4. The number of aliphatic hydroxyl groups is 1. The monoisotopic (exact) mass is 416 g/mol. The fourth-order valence-electron chi connectivity index (χ4n) is 3.49. The zero-order valence-electron chi connectivity index (χ0n) is 16.8. The van der Waals surface area contributed by atoms with Crippen LogP contribution in [0.1, 0.15) is 17.8 Å². The average molecular weight is 416 g/mol. The summed E-state index contributed by atoms with van der Waals surface area (Å²) in [6.45, 7) is 1.68. The van der Waals surface area contributed by atoms with Crippen LogP contribution in [0.25, 0.3) is 16.6 Å². The van der Waals surface area contributed by atoms with Crippen LogP contribution in [0.5, 0.6) is 0 Å². The van der Waals surface area contributed by atoms with Gasteiger partial charge in [-0.25, -0.2) is 4.98 Å². The van der Waals surface area contributed by atoms with Crippen molar-refractivity contribution in [2.45, 2.75) is 13.3 Å². The Kier molecular flexibility index (Phi) is 5.41. The molecule has 0 bridgehead atoms. The van der Waals surface area contributed by atoms with Gasteiger partial charge in [0.25, 0.3) is 0 Å². The minimum Gasteiger partial charge on any atom is -0.507 e. The number of benzene rings is 2. The largest absolute Gasteiger partial charge is 0.507 e. The number of aromatic nitrogens is 2. The predicted molar refractivity (Wildman–Crippen MR) is 114 cm³/mol. The van der Waals surface area contributed by atoms with Gasteiger partial charge < -0.3 is 19.7 Å². The maximum Gasteiger partial charge on any atom is 0.311 e. The highest BCUT2D eigenvalue weighted by molar-refractivity contribution is 5.99. The van der Waals surface area contributed by atoms with Crippen molar-refractivity contribution in [2.75, 3.05) is 18.1 Å². The SMILES string of the molecule is Cc1ccc(N2C[C@@H](C(=O)OC/C(O)=C(\C#N)c3nc4ccccc4[nH]3)CC2=O)cc1. The highest BCUT2D eigenvalue weighted by Crippen LogP contribution is 2.26. The van der Waals surface area contributed by atoms with E-state index in [1.54, 1.807) is 17.0 Å². The van der Waals surface area contributed by atoms with Crippen LogP contribution in [0.4, 0.5) is 5.69 Å². The Morgan fingerprint density at radius 2 is 2.03 bits per heavy atom. The Balaban J connectivity index is 1.43. The number of fused-ring (bicyclic) bond motifs is 1. The summed E-state index contributed by atoms with van der Waals surface area (Å²) in [5.74, 6) is -1.62. The van der Waals surface area contributed by atoms with Crippen LogP contribution in [0, 0.1) is 24.2 Å². The number of ether oxygens (including phenoxy) is 1. The van der Waals surface area contributed by atoms with E-state index in [1.165, 1.54) is 0 Å². The lowest BCUT2D eigenvalue weighted by atomic mass is 10.1. The summed E-state index contributed by atoms with van der Waals surface area (Å²) >= 11 is 0. The van der Waals surface area contributed by atoms with Gasteiger partial charge in [-0.1, -0.05) is 29.8 Å². The third kappa shape index (κ3) is 4.12. The second-order valence-electron chi connectivity index (χ2n) is 7.38. The van der Waals surface area contributed by atoms with E-state index < -0.39 is 24.3 Å². The molecule has 1 fully saturated rings. The molecule has 1 aliphatic rings. The van der Waals surface area contributed by atoms with Gasteiger partial charge in [0.1, 0.15) is 18.2 Å². The second-order valence-corrected chi connectivity index (χ2v) is 7.38. The van der Waals surface area contributed by atoms with Crippen LogP contribution >= 0.6 is 0 Å². The standard InChI is InChI=1S/C23H20N4O4/c1-14-6-8-16(9-7-14)27-12-15(10-21(27)29)23(30)31-13-20(28)17(11-24)22-25-18-4-2-3-5-19(18)26-22/h2-9,15,28H,10,12-13H2,1H3,(H,25,26)/b20-17-/t15-/m0/s1. The molecule has 1 amide bonds. The fourth-order valence-corrected chi connectivity index (χ4v) is 3.49. The van der Waals surface area contributed by atoms with Crippen LogP contribution in [0.15, 0.2) is 54.3 Å². The molecule has 8 heteroatoms. The van der Waals surface area contributed by atoms with Crippen molar-refractivity contribution in [1.82, 2.24) is 9.97 Å². The summed E-state index contributed by atoms with van der Waals surface area (Å²) in [5, 5.41) is 19.8. The Labute approximate surface area is 178 Å². The van der Waals surface area contributed by atoms with Gasteiger partial charge in [-0.05, 0) is 31.2 Å². The summed E-state index contributed by atoms with van der Waals surface area (Å²) in [6.07, 6.45) is 0.0336. The number of nitrogens with one attached hydrogen (secondary N) is 1. The van der Waals surface area contributed by atoms with Gasteiger partial charge in [-0.3, -0.25) is 9.59 Å². The van der Waals surface area contributed by atoms with Crippen LogP contribution in [-0.2, 0) is 14.3 Å². The molecule has 1 atom stereocenters. The van der Waals surface area contributed by atoms with Gasteiger partial charge in [-0.15, -0.1) is 0 Å². The number of nitrogens with zero attached hydrogens (tertiary/aromatic N) is 3. The van der Waals surface area contributed by atoms with E-state index in [0.717, 1.165) is 16.8 Å². The summed E-state index contributed by atoms with van der Waals surface area (Å²) in [4.78, 5) is 33.6. The Morgan fingerprint density at radius 3 is 2.74 bits per heavy atom. The zero-order valence-corrected chi connectivity index (χ0v) is 16.8. The number of aryl methyl sites for hydroxylation is 1. The molecule has 3 aromatic rings. The number of rotatable bonds is 5. The number of hydrogen-bond donors (Lipinski definition) is 2. The Morgan fingerprint density at radius 1 is 1.29 bits per heavy atom. The lowest BCUT2D eigenvalue weighted by Gasteiger charge is -2.16. The van der Waals surface area contributed by atoms with Crippen LogP contribution < -0.4 is 4.90 Å². The number of anilines is 1. The van der Waals surface area contributed by atoms with E-state index in [-0.39, 0.29) is 30.3 Å². The van der Waals surface area contributed by atoms with Gasteiger partial charge in [0.2, 0.25) is 5.91 Å². The number of nitriles is 1. The molecule has 0 aliphatic carbocycles. The van der Waals surface area contributed by atoms with E-state index in [1.807, 2.05) is 49.4 Å². The molecule has 8 nitrogen and oxygen atoms in total. The van der Waals surface area contributed by atoms with Gasteiger partial charge in [0.15, 0.2) is 11.6 Å². The summed E-state index contributed by atoms with van der Waals surface area (Å²) in [7, 11) is 0. The summed E-state index contributed by atoms with van der Waals surface area (Å²) in [5.41, 5.74) is 3.07. The quantitative estimate of drug-likeness (QED) is 0.374.